The van der Waals surface area contributed by atoms with E-state index >= 15 is 0 Å². The number of fused-ring (bicyclic) bond motifs is 1. The van der Waals surface area contributed by atoms with E-state index in [1.165, 1.54) is 11.3 Å². The van der Waals surface area contributed by atoms with E-state index in [0.29, 0.717) is 9.90 Å². The number of halogens is 1. The van der Waals surface area contributed by atoms with E-state index in [2.05, 4.69) is 4.98 Å². The number of thiophene rings is 1. The molecule has 2 aromatic rings. The van der Waals surface area contributed by atoms with Crippen LogP contribution in [0.25, 0.3) is 10.2 Å². The maximum absolute atomic E-state index is 8.67. The molecule has 0 aromatic carbocycles. The molecule has 0 bridgehead atoms. The van der Waals surface area contributed by atoms with Crippen molar-refractivity contribution >= 4 is 33.2 Å². The van der Waals surface area contributed by atoms with E-state index in [1.807, 2.05) is 18.2 Å². The van der Waals surface area contributed by atoms with Gasteiger partial charge in [-0.05, 0) is 12.1 Å². The average Bonchev–Trinajstić information content (AvgIpc) is 2.44. The fourth-order valence-corrected chi connectivity index (χ4v) is 2.17. The minimum Gasteiger partial charge on any atom is -0.245 e. The zero-order valence-corrected chi connectivity index (χ0v) is 7.49. The molecule has 0 atom stereocenters. The van der Waals surface area contributed by atoms with Crippen LogP contribution in [0.4, 0.5) is 0 Å². The summed E-state index contributed by atoms with van der Waals surface area (Å²) in [6, 6.07) is 5.70. The molecule has 2 rings (SSSR count). The molecule has 0 amide bonds. The Kier molecular flexibility index (Phi) is 1.72. The molecule has 58 valence electrons. The van der Waals surface area contributed by atoms with Crippen molar-refractivity contribution < 1.29 is 0 Å². The molecule has 2 aromatic heterocycles. The Hall–Kier alpha value is -1.11. The maximum atomic E-state index is 8.67. The Morgan fingerprint density at radius 1 is 1.58 bits per heavy atom. The maximum Gasteiger partial charge on any atom is 0.126 e. The molecule has 2 nitrogen and oxygen atoms in total. The largest absolute Gasteiger partial charge is 0.245 e. The van der Waals surface area contributed by atoms with E-state index in [9.17, 15) is 0 Å². The second kappa shape index (κ2) is 2.74. The first-order valence-corrected chi connectivity index (χ1v) is 4.45. The summed E-state index contributed by atoms with van der Waals surface area (Å²) < 4.78 is 0. The van der Waals surface area contributed by atoms with Gasteiger partial charge >= 0.3 is 0 Å². The van der Waals surface area contributed by atoms with Crippen LogP contribution in [0.5, 0.6) is 0 Å². The van der Waals surface area contributed by atoms with E-state index < -0.39 is 0 Å². The van der Waals surface area contributed by atoms with Gasteiger partial charge in [0.15, 0.2) is 0 Å². The van der Waals surface area contributed by atoms with E-state index in [-0.39, 0.29) is 0 Å². The second-order valence-corrected chi connectivity index (χ2v) is 3.59. The summed E-state index contributed by atoms with van der Waals surface area (Å²) in [4.78, 5) is 5.44. The standard InChI is InChI=1S/C8H3ClN2S/c9-7-5-2-1-3-11-8(5)12-6(7)4-10/h1-3H. The highest BCUT2D eigenvalue weighted by Gasteiger charge is 2.08. The number of nitriles is 1. The van der Waals surface area contributed by atoms with Crippen molar-refractivity contribution in [2.24, 2.45) is 0 Å². The van der Waals surface area contributed by atoms with Crippen molar-refractivity contribution in [2.45, 2.75) is 0 Å². The van der Waals surface area contributed by atoms with Crippen molar-refractivity contribution in [3.63, 3.8) is 0 Å². The Bertz CT molecular complexity index is 469. The Balaban J connectivity index is 2.90. The van der Waals surface area contributed by atoms with Crippen molar-refractivity contribution in [2.75, 3.05) is 0 Å². The lowest BCUT2D eigenvalue weighted by atomic mass is 10.3. The van der Waals surface area contributed by atoms with Crippen LogP contribution in [0.15, 0.2) is 18.3 Å². The number of pyridine rings is 1. The van der Waals surface area contributed by atoms with E-state index in [4.69, 9.17) is 16.9 Å². The first kappa shape index (κ1) is 7.53. The summed E-state index contributed by atoms with van der Waals surface area (Å²) in [6.45, 7) is 0. The second-order valence-electron chi connectivity index (χ2n) is 2.21. The summed E-state index contributed by atoms with van der Waals surface area (Å²) in [5.74, 6) is 0. The minimum absolute atomic E-state index is 0.519. The minimum atomic E-state index is 0.519. The number of nitrogens with zero attached hydrogens (tertiary/aromatic N) is 2. The first-order chi connectivity index (χ1) is 5.83. The molecule has 0 aliphatic heterocycles. The van der Waals surface area contributed by atoms with Gasteiger partial charge in [0.1, 0.15) is 15.8 Å². The third-order valence-electron chi connectivity index (χ3n) is 1.51. The van der Waals surface area contributed by atoms with Crippen LogP contribution >= 0.6 is 22.9 Å². The van der Waals surface area contributed by atoms with Crippen LogP contribution in [0, 0.1) is 11.3 Å². The highest BCUT2D eigenvalue weighted by atomic mass is 35.5. The normalized spacial score (nSPS) is 10.0. The zero-order chi connectivity index (χ0) is 8.55. The molecule has 0 N–H and O–H groups in total. The van der Waals surface area contributed by atoms with Crippen LogP contribution in [-0.2, 0) is 0 Å². The molecule has 4 heteroatoms. The molecule has 12 heavy (non-hydrogen) atoms. The van der Waals surface area contributed by atoms with E-state index in [0.717, 1.165) is 10.2 Å². The van der Waals surface area contributed by atoms with Gasteiger partial charge in [-0.15, -0.1) is 11.3 Å². The van der Waals surface area contributed by atoms with Crippen LogP contribution in [0.2, 0.25) is 5.02 Å². The Labute approximate surface area is 78.0 Å². The lowest BCUT2D eigenvalue weighted by molar-refractivity contribution is 1.45. The van der Waals surface area contributed by atoms with Gasteiger partial charge in [0.25, 0.3) is 0 Å². The molecule has 0 aliphatic carbocycles. The number of hydrogen-bond acceptors (Lipinski definition) is 3. The van der Waals surface area contributed by atoms with Gasteiger partial charge in [-0.25, -0.2) is 4.98 Å². The van der Waals surface area contributed by atoms with Gasteiger partial charge in [0, 0.05) is 11.6 Å². The van der Waals surface area contributed by atoms with Crippen molar-refractivity contribution in [1.29, 1.82) is 5.26 Å². The predicted molar refractivity (Wildman–Crippen MR) is 49.3 cm³/mol. The monoisotopic (exact) mass is 194 g/mol. The van der Waals surface area contributed by atoms with Crippen molar-refractivity contribution in [1.82, 2.24) is 4.98 Å². The van der Waals surface area contributed by atoms with Gasteiger partial charge in [0.05, 0.1) is 5.02 Å². The molecule has 0 aliphatic rings. The van der Waals surface area contributed by atoms with Gasteiger partial charge in [-0.2, -0.15) is 5.26 Å². The molecule has 0 saturated heterocycles. The topological polar surface area (TPSA) is 36.7 Å². The lowest BCUT2D eigenvalue weighted by Gasteiger charge is -1.85. The summed E-state index contributed by atoms with van der Waals surface area (Å²) in [5.41, 5.74) is 0. The molecule has 2 heterocycles. The molecule has 0 saturated carbocycles. The van der Waals surface area contributed by atoms with Crippen LogP contribution in [-0.4, -0.2) is 4.98 Å². The first-order valence-electron chi connectivity index (χ1n) is 3.26. The average molecular weight is 195 g/mol. The van der Waals surface area contributed by atoms with Crippen LogP contribution in [0.3, 0.4) is 0 Å². The number of aromatic nitrogens is 1. The summed E-state index contributed by atoms with van der Waals surface area (Å²) >= 11 is 7.22. The Morgan fingerprint density at radius 3 is 3.08 bits per heavy atom. The van der Waals surface area contributed by atoms with Gasteiger partial charge in [-0.1, -0.05) is 11.6 Å². The van der Waals surface area contributed by atoms with Gasteiger partial charge < -0.3 is 0 Å². The highest BCUT2D eigenvalue weighted by Crippen LogP contribution is 2.32. The van der Waals surface area contributed by atoms with Gasteiger partial charge in [0.2, 0.25) is 0 Å². The molecule has 0 fully saturated rings. The summed E-state index contributed by atoms with van der Waals surface area (Å²) in [6.07, 6.45) is 1.69. The van der Waals surface area contributed by atoms with Crippen molar-refractivity contribution in [3.8, 4) is 6.07 Å². The molecule has 0 unspecified atom stereocenters. The van der Waals surface area contributed by atoms with E-state index in [1.54, 1.807) is 6.20 Å². The number of hydrogen-bond donors (Lipinski definition) is 0. The fraction of sp³-hybridized carbons (Fsp3) is 0. The molecule has 0 spiro atoms. The summed E-state index contributed by atoms with van der Waals surface area (Å²) in [7, 11) is 0. The quantitative estimate of drug-likeness (QED) is 0.647. The Morgan fingerprint density at radius 2 is 2.42 bits per heavy atom. The van der Waals surface area contributed by atoms with Crippen LogP contribution < -0.4 is 0 Å². The third kappa shape index (κ3) is 0.970. The third-order valence-corrected chi connectivity index (χ3v) is 3.03. The highest BCUT2D eigenvalue weighted by molar-refractivity contribution is 7.19. The number of rotatable bonds is 0. The van der Waals surface area contributed by atoms with Gasteiger partial charge in [-0.3, -0.25) is 0 Å². The zero-order valence-electron chi connectivity index (χ0n) is 5.91. The molecular weight excluding hydrogens is 192 g/mol. The lowest BCUT2D eigenvalue weighted by Crippen LogP contribution is -1.67. The molecular formula is C8H3ClN2S. The predicted octanol–water partition coefficient (Wildman–Crippen LogP) is 2.82. The summed E-state index contributed by atoms with van der Waals surface area (Å²) in [5, 5.41) is 10.0. The van der Waals surface area contributed by atoms with Crippen molar-refractivity contribution in [3.05, 3.63) is 28.2 Å². The van der Waals surface area contributed by atoms with Crippen LogP contribution in [0.1, 0.15) is 4.88 Å². The molecule has 0 radical (unpaired) electrons. The SMILES string of the molecule is N#Cc1sc2ncccc2c1Cl. The smallest absolute Gasteiger partial charge is 0.126 e. The fourth-order valence-electron chi connectivity index (χ4n) is 0.975.